The van der Waals surface area contributed by atoms with Crippen LogP contribution < -0.4 is 4.90 Å². The first-order valence-electron chi connectivity index (χ1n) is 11.5. The molecule has 0 N–H and O–H groups in total. The summed E-state index contributed by atoms with van der Waals surface area (Å²) in [5.41, 5.74) is 2.98. The van der Waals surface area contributed by atoms with Crippen LogP contribution in [0.3, 0.4) is 0 Å². The van der Waals surface area contributed by atoms with E-state index in [2.05, 4.69) is 9.89 Å². The van der Waals surface area contributed by atoms with Gasteiger partial charge in [0, 0.05) is 24.3 Å². The predicted octanol–water partition coefficient (Wildman–Crippen LogP) is 2.92. The Balaban J connectivity index is 1.40. The van der Waals surface area contributed by atoms with Crippen LogP contribution in [0, 0.1) is 0 Å². The number of cyclic esters (lactones) is 1. The Bertz CT molecular complexity index is 959. The van der Waals surface area contributed by atoms with Gasteiger partial charge in [0.1, 0.15) is 0 Å². The fourth-order valence-corrected chi connectivity index (χ4v) is 3.53. The molecule has 8 nitrogen and oxygen atoms in total. The molecule has 4 rings (SSSR count). The van der Waals surface area contributed by atoms with Gasteiger partial charge in [-0.25, -0.2) is 9.79 Å². The Kier molecular flexibility index (Phi) is 9.21. The number of carbonyl (C=O) groups excluding carboxylic acids is 1. The first kappa shape index (κ1) is 24.1. The molecule has 0 unspecified atom stereocenters. The largest absolute Gasteiger partial charge is 0.402 e. The van der Waals surface area contributed by atoms with Gasteiger partial charge in [-0.3, -0.25) is 0 Å². The Morgan fingerprint density at radius 3 is 1.85 bits per heavy atom. The first-order valence-corrected chi connectivity index (χ1v) is 11.5. The summed E-state index contributed by atoms with van der Waals surface area (Å²) in [6, 6.07) is 17.4. The van der Waals surface area contributed by atoms with E-state index in [0.29, 0.717) is 58.8 Å². The highest BCUT2D eigenvalue weighted by molar-refractivity contribution is 6.12. The average molecular weight is 467 g/mol. The normalized spacial score (nSPS) is 20.4. The summed E-state index contributed by atoms with van der Waals surface area (Å²) in [5, 5.41) is 0. The maximum atomic E-state index is 12.3. The zero-order chi connectivity index (χ0) is 23.4. The Morgan fingerprint density at radius 1 is 0.706 bits per heavy atom. The minimum absolute atomic E-state index is 0.284. The molecule has 0 amide bonds. The highest BCUT2D eigenvalue weighted by Crippen LogP contribution is 2.21. The molecule has 1 saturated heterocycles. The second-order valence-electron chi connectivity index (χ2n) is 7.73. The van der Waals surface area contributed by atoms with E-state index in [0.717, 1.165) is 29.9 Å². The van der Waals surface area contributed by atoms with E-state index in [1.807, 2.05) is 54.6 Å². The molecule has 180 valence electrons. The number of benzene rings is 2. The van der Waals surface area contributed by atoms with Gasteiger partial charge < -0.3 is 28.6 Å². The van der Waals surface area contributed by atoms with Crippen LogP contribution >= 0.6 is 0 Å². The van der Waals surface area contributed by atoms with Crippen molar-refractivity contribution in [1.29, 1.82) is 0 Å². The molecule has 2 aromatic rings. The monoisotopic (exact) mass is 466 g/mol. The van der Waals surface area contributed by atoms with Gasteiger partial charge in [0.25, 0.3) is 0 Å². The van der Waals surface area contributed by atoms with Crippen LogP contribution in [0.15, 0.2) is 65.3 Å². The first-order chi connectivity index (χ1) is 16.8. The zero-order valence-corrected chi connectivity index (χ0v) is 19.2. The summed E-state index contributed by atoms with van der Waals surface area (Å²) in [6.45, 7) is 6.00. The summed E-state index contributed by atoms with van der Waals surface area (Å²) < 4.78 is 27.7. The molecule has 0 atom stereocenters. The molecule has 1 fully saturated rings. The van der Waals surface area contributed by atoms with Crippen LogP contribution in [0.5, 0.6) is 0 Å². The lowest BCUT2D eigenvalue weighted by molar-refractivity contribution is -0.129. The van der Waals surface area contributed by atoms with Crippen LogP contribution in [0.1, 0.15) is 11.1 Å². The number of rotatable bonds is 3. The SMILES string of the molecule is O=C1OC(c2ccccc2)=N/C1=C/c1ccc(N2CCOCCOCCOCCOCC2)cc1. The molecule has 0 aliphatic carbocycles. The fourth-order valence-electron chi connectivity index (χ4n) is 3.53. The number of hydrogen-bond acceptors (Lipinski definition) is 8. The van der Waals surface area contributed by atoms with Gasteiger partial charge in [0.2, 0.25) is 5.90 Å². The molecule has 8 heteroatoms. The lowest BCUT2D eigenvalue weighted by Crippen LogP contribution is -2.31. The van der Waals surface area contributed by atoms with Crippen molar-refractivity contribution in [3.8, 4) is 0 Å². The van der Waals surface area contributed by atoms with Gasteiger partial charge >= 0.3 is 5.97 Å². The van der Waals surface area contributed by atoms with Gasteiger partial charge in [-0.15, -0.1) is 0 Å². The van der Waals surface area contributed by atoms with Crippen LogP contribution in [0.25, 0.3) is 6.08 Å². The lowest BCUT2D eigenvalue weighted by Gasteiger charge is -2.25. The highest BCUT2D eigenvalue weighted by atomic mass is 16.6. The van der Waals surface area contributed by atoms with Crippen molar-refractivity contribution in [2.45, 2.75) is 0 Å². The molecule has 2 aromatic carbocycles. The van der Waals surface area contributed by atoms with Crippen molar-refractivity contribution in [3.05, 3.63) is 71.4 Å². The van der Waals surface area contributed by atoms with Gasteiger partial charge in [0.05, 0.1) is 52.9 Å². The average Bonchev–Trinajstić information content (AvgIpc) is 3.23. The van der Waals surface area contributed by atoms with Crippen molar-refractivity contribution in [2.24, 2.45) is 4.99 Å². The predicted molar refractivity (Wildman–Crippen MR) is 129 cm³/mol. The van der Waals surface area contributed by atoms with Crippen molar-refractivity contribution in [1.82, 2.24) is 0 Å². The van der Waals surface area contributed by atoms with Crippen LogP contribution in [0.4, 0.5) is 5.69 Å². The second-order valence-corrected chi connectivity index (χ2v) is 7.73. The number of nitrogens with zero attached hydrogens (tertiary/aromatic N) is 2. The minimum Gasteiger partial charge on any atom is -0.402 e. The number of aliphatic imine (C=N–C) groups is 1. The van der Waals surface area contributed by atoms with Crippen LogP contribution in [0.2, 0.25) is 0 Å². The van der Waals surface area contributed by atoms with Crippen LogP contribution in [-0.2, 0) is 28.5 Å². The number of ether oxygens (including phenoxy) is 5. The van der Waals surface area contributed by atoms with Gasteiger partial charge in [-0.2, -0.15) is 0 Å². The molecule has 0 bridgehead atoms. The second kappa shape index (κ2) is 13.0. The molecule has 0 aromatic heterocycles. The molecule has 2 aliphatic heterocycles. The third-order valence-electron chi connectivity index (χ3n) is 5.33. The van der Waals surface area contributed by atoms with E-state index >= 15 is 0 Å². The fraction of sp³-hybridized carbons (Fsp3) is 0.385. The van der Waals surface area contributed by atoms with E-state index in [1.165, 1.54) is 0 Å². The summed E-state index contributed by atoms with van der Waals surface area (Å²) in [4.78, 5) is 18.9. The van der Waals surface area contributed by atoms with Crippen molar-refractivity contribution in [2.75, 3.05) is 70.8 Å². The van der Waals surface area contributed by atoms with Crippen LogP contribution in [-0.4, -0.2) is 77.8 Å². The van der Waals surface area contributed by atoms with E-state index < -0.39 is 5.97 Å². The summed E-state index contributed by atoms with van der Waals surface area (Å²) in [7, 11) is 0. The zero-order valence-electron chi connectivity index (χ0n) is 19.2. The Hall–Kier alpha value is -3.04. The van der Waals surface area contributed by atoms with Gasteiger partial charge in [-0.05, 0) is 35.9 Å². The number of hydrogen-bond donors (Lipinski definition) is 0. The molecular formula is C26H30N2O6. The lowest BCUT2D eigenvalue weighted by atomic mass is 10.1. The third-order valence-corrected chi connectivity index (χ3v) is 5.33. The molecule has 2 heterocycles. The molecule has 34 heavy (non-hydrogen) atoms. The summed E-state index contributed by atoms with van der Waals surface area (Å²) in [6.07, 6.45) is 1.74. The Morgan fingerprint density at radius 2 is 1.26 bits per heavy atom. The Labute approximate surface area is 199 Å². The number of anilines is 1. The summed E-state index contributed by atoms with van der Waals surface area (Å²) >= 11 is 0. The smallest absolute Gasteiger partial charge is 0.363 e. The van der Waals surface area contributed by atoms with Crippen molar-refractivity contribution in [3.63, 3.8) is 0 Å². The molecule has 0 radical (unpaired) electrons. The standard InChI is InChI=1S/C26H30N2O6/c29-26-24(27-25(34-26)22-4-2-1-3-5-22)20-21-6-8-23(9-7-21)28-10-12-30-14-16-32-18-19-33-17-15-31-13-11-28/h1-9,20H,10-19H2/b24-20+. The van der Waals surface area contributed by atoms with E-state index in [-0.39, 0.29) is 5.70 Å². The number of carbonyl (C=O) groups is 1. The van der Waals surface area contributed by atoms with Crippen molar-refractivity contribution < 1.29 is 28.5 Å². The van der Waals surface area contributed by atoms with E-state index in [9.17, 15) is 4.79 Å². The molecule has 0 spiro atoms. The minimum atomic E-state index is -0.448. The summed E-state index contributed by atoms with van der Waals surface area (Å²) in [5.74, 6) is -0.124. The molecule has 2 aliphatic rings. The quantitative estimate of drug-likeness (QED) is 0.508. The molecular weight excluding hydrogens is 436 g/mol. The highest BCUT2D eigenvalue weighted by Gasteiger charge is 2.23. The maximum Gasteiger partial charge on any atom is 0.363 e. The maximum absolute atomic E-state index is 12.3. The number of esters is 1. The van der Waals surface area contributed by atoms with Crippen molar-refractivity contribution >= 4 is 23.6 Å². The molecule has 0 saturated carbocycles. The third kappa shape index (κ3) is 7.23. The van der Waals surface area contributed by atoms with E-state index in [4.69, 9.17) is 23.7 Å². The van der Waals surface area contributed by atoms with Gasteiger partial charge in [0.15, 0.2) is 5.70 Å². The van der Waals surface area contributed by atoms with Gasteiger partial charge in [-0.1, -0.05) is 30.3 Å². The topological polar surface area (TPSA) is 78.8 Å². The van der Waals surface area contributed by atoms with E-state index in [1.54, 1.807) is 6.08 Å².